The Morgan fingerprint density at radius 1 is 1.45 bits per heavy atom. The van der Waals surface area contributed by atoms with Gasteiger partial charge in [-0.05, 0) is 18.9 Å². The Morgan fingerprint density at radius 3 is 2.80 bits per heavy atom. The minimum absolute atomic E-state index is 0.0265. The summed E-state index contributed by atoms with van der Waals surface area (Å²) in [7, 11) is -3.30. The third-order valence-corrected chi connectivity index (χ3v) is 4.79. The second-order valence-corrected chi connectivity index (χ2v) is 7.01. The average Bonchev–Trinajstić information content (AvgIpc) is 2.81. The van der Waals surface area contributed by atoms with Crippen LogP contribution >= 0.6 is 0 Å². The number of hydrogen-bond acceptors (Lipinski definition) is 6. The van der Waals surface area contributed by atoms with Crippen LogP contribution in [0.1, 0.15) is 19.8 Å². The van der Waals surface area contributed by atoms with Gasteiger partial charge in [-0.1, -0.05) is 6.92 Å². The van der Waals surface area contributed by atoms with Crippen LogP contribution in [0.4, 0.5) is 5.95 Å². The molecule has 1 aromatic heterocycles. The topological polar surface area (TPSA) is 95.4 Å². The number of nitrogens with zero attached hydrogens (tertiary/aromatic N) is 3. The van der Waals surface area contributed by atoms with Crippen molar-refractivity contribution in [1.29, 1.82) is 0 Å². The standard InChI is InChI=1S/C12H20N4O3S/c1-2-8-20(18,19)15-9-12(17)4-7-16(10-12)11-13-5-3-6-14-11/h3,5-6,15,17H,2,4,7-10H2,1H3/t12-/m0/s1. The summed E-state index contributed by atoms with van der Waals surface area (Å²) in [6.07, 6.45) is 4.32. The molecule has 0 amide bonds. The first-order valence-electron chi connectivity index (χ1n) is 6.66. The number of sulfonamides is 1. The van der Waals surface area contributed by atoms with Crippen LogP contribution in [-0.2, 0) is 10.0 Å². The van der Waals surface area contributed by atoms with Gasteiger partial charge in [0, 0.05) is 25.5 Å². The highest BCUT2D eigenvalue weighted by atomic mass is 32.2. The van der Waals surface area contributed by atoms with E-state index in [4.69, 9.17) is 0 Å². The number of anilines is 1. The highest BCUT2D eigenvalue weighted by Crippen LogP contribution is 2.23. The molecule has 1 fully saturated rings. The summed E-state index contributed by atoms with van der Waals surface area (Å²) in [5.41, 5.74) is -1.07. The highest BCUT2D eigenvalue weighted by Gasteiger charge is 2.37. The lowest BCUT2D eigenvalue weighted by Crippen LogP contribution is -2.45. The molecule has 0 bridgehead atoms. The Balaban J connectivity index is 1.94. The molecule has 8 heteroatoms. The summed E-state index contributed by atoms with van der Waals surface area (Å²) in [4.78, 5) is 10.1. The minimum atomic E-state index is -3.30. The van der Waals surface area contributed by atoms with Crippen molar-refractivity contribution in [3.63, 3.8) is 0 Å². The maximum Gasteiger partial charge on any atom is 0.225 e. The van der Waals surface area contributed by atoms with Crippen LogP contribution in [0.15, 0.2) is 18.5 Å². The highest BCUT2D eigenvalue weighted by molar-refractivity contribution is 7.89. The van der Waals surface area contributed by atoms with Gasteiger partial charge in [0.1, 0.15) is 0 Å². The molecule has 2 N–H and O–H groups in total. The Hall–Kier alpha value is -1.25. The quantitative estimate of drug-likeness (QED) is 0.752. The maximum atomic E-state index is 11.6. The molecule has 1 saturated heterocycles. The van der Waals surface area contributed by atoms with Crippen LogP contribution in [0.3, 0.4) is 0 Å². The molecule has 112 valence electrons. The summed E-state index contributed by atoms with van der Waals surface area (Å²) < 4.78 is 25.7. The summed E-state index contributed by atoms with van der Waals surface area (Å²) >= 11 is 0. The molecule has 20 heavy (non-hydrogen) atoms. The van der Waals surface area contributed by atoms with Crippen molar-refractivity contribution in [2.24, 2.45) is 0 Å². The summed E-state index contributed by atoms with van der Waals surface area (Å²) in [6, 6.07) is 1.73. The summed E-state index contributed by atoms with van der Waals surface area (Å²) in [5, 5.41) is 10.4. The summed E-state index contributed by atoms with van der Waals surface area (Å²) in [5.74, 6) is 0.633. The lowest BCUT2D eigenvalue weighted by atomic mass is 10.0. The van der Waals surface area contributed by atoms with E-state index in [1.807, 2.05) is 4.90 Å². The first-order valence-corrected chi connectivity index (χ1v) is 8.31. The molecule has 0 radical (unpaired) electrons. The second kappa shape index (κ2) is 6.02. The van der Waals surface area contributed by atoms with E-state index in [2.05, 4.69) is 14.7 Å². The third-order valence-electron chi connectivity index (χ3n) is 3.26. The molecule has 2 heterocycles. The van der Waals surface area contributed by atoms with Crippen molar-refractivity contribution in [2.45, 2.75) is 25.4 Å². The fourth-order valence-corrected chi connectivity index (χ4v) is 3.38. The lowest BCUT2D eigenvalue weighted by Gasteiger charge is -2.23. The van der Waals surface area contributed by atoms with Gasteiger partial charge in [-0.25, -0.2) is 23.1 Å². The van der Waals surface area contributed by atoms with Gasteiger partial charge < -0.3 is 10.0 Å². The molecule has 0 aliphatic carbocycles. The van der Waals surface area contributed by atoms with Crippen molar-refractivity contribution >= 4 is 16.0 Å². The number of β-amino-alcohol motifs (C(OH)–C–C–N with tert-alkyl or cyclic N) is 1. The molecule has 1 aromatic rings. The van der Waals surface area contributed by atoms with Crippen LogP contribution < -0.4 is 9.62 Å². The van der Waals surface area contributed by atoms with Gasteiger partial charge >= 0.3 is 0 Å². The fraction of sp³-hybridized carbons (Fsp3) is 0.667. The van der Waals surface area contributed by atoms with Crippen molar-refractivity contribution < 1.29 is 13.5 Å². The zero-order chi connectivity index (χ0) is 14.6. The van der Waals surface area contributed by atoms with Crippen LogP contribution in [-0.4, -0.2) is 54.5 Å². The van der Waals surface area contributed by atoms with Crippen molar-refractivity contribution in [3.8, 4) is 0 Å². The largest absolute Gasteiger partial charge is 0.387 e. The predicted molar refractivity (Wildman–Crippen MR) is 75.9 cm³/mol. The Labute approximate surface area is 119 Å². The lowest BCUT2D eigenvalue weighted by molar-refractivity contribution is 0.0685. The van der Waals surface area contributed by atoms with Gasteiger partial charge in [0.15, 0.2) is 0 Å². The van der Waals surface area contributed by atoms with Gasteiger partial charge in [0.05, 0.1) is 17.9 Å². The molecule has 0 saturated carbocycles. The van der Waals surface area contributed by atoms with E-state index in [0.717, 1.165) is 0 Å². The predicted octanol–water partition coefficient (Wildman–Crippen LogP) is -0.253. The van der Waals surface area contributed by atoms with E-state index in [1.54, 1.807) is 25.4 Å². The van der Waals surface area contributed by atoms with Gasteiger partial charge in [0.2, 0.25) is 16.0 Å². The smallest absolute Gasteiger partial charge is 0.225 e. The molecule has 1 atom stereocenters. The molecule has 1 aliphatic heterocycles. The zero-order valence-electron chi connectivity index (χ0n) is 11.5. The molecule has 0 spiro atoms. The Bertz CT molecular complexity index is 537. The van der Waals surface area contributed by atoms with Crippen LogP contribution in [0, 0.1) is 0 Å². The average molecular weight is 300 g/mol. The second-order valence-electron chi connectivity index (χ2n) is 5.08. The molecular formula is C12H20N4O3S. The van der Waals surface area contributed by atoms with Gasteiger partial charge in [-0.15, -0.1) is 0 Å². The first-order chi connectivity index (χ1) is 9.44. The van der Waals surface area contributed by atoms with E-state index < -0.39 is 15.6 Å². The number of aliphatic hydroxyl groups is 1. The summed E-state index contributed by atoms with van der Waals surface area (Å²) in [6.45, 7) is 2.76. The van der Waals surface area contributed by atoms with E-state index in [0.29, 0.717) is 31.9 Å². The fourth-order valence-electron chi connectivity index (χ4n) is 2.21. The maximum absolute atomic E-state index is 11.6. The Morgan fingerprint density at radius 2 is 2.15 bits per heavy atom. The molecule has 0 unspecified atom stereocenters. The van der Waals surface area contributed by atoms with Crippen LogP contribution in [0.2, 0.25) is 0 Å². The normalized spacial score (nSPS) is 23.2. The number of nitrogens with one attached hydrogen (secondary N) is 1. The molecule has 0 aromatic carbocycles. The Kier molecular flexibility index (Phi) is 4.56. The van der Waals surface area contributed by atoms with Crippen molar-refractivity contribution in [1.82, 2.24) is 14.7 Å². The molecule has 2 rings (SSSR count). The number of aromatic nitrogens is 2. The molecular weight excluding hydrogens is 280 g/mol. The van der Waals surface area contributed by atoms with Crippen molar-refractivity contribution in [3.05, 3.63) is 18.5 Å². The van der Waals surface area contributed by atoms with E-state index in [9.17, 15) is 13.5 Å². The van der Waals surface area contributed by atoms with E-state index in [-0.39, 0.29) is 12.3 Å². The number of rotatable bonds is 6. The monoisotopic (exact) mass is 300 g/mol. The minimum Gasteiger partial charge on any atom is -0.387 e. The zero-order valence-corrected chi connectivity index (χ0v) is 12.3. The SMILES string of the molecule is CCCS(=O)(=O)NC[C@@]1(O)CCN(c2ncccn2)C1. The number of hydrogen-bond donors (Lipinski definition) is 2. The first kappa shape index (κ1) is 15.1. The molecule has 7 nitrogen and oxygen atoms in total. The van der Waals surface area contributed by atoms with Gasteiger partial charge in [-0.3, -0.25) is 0 Å². The van der Waals surface area contributed by atoms with Crippen LogP contribution in [0.5, 0.6) is 0 Å². The molecule has 1 aliphatic rings. The van der Waals surface area contributed by atoms with Gasteiger partial charge in [-0.2, -0.15) is 0 Å². The van der Waals surface area contributed by atoms with Crippen LogP contribution in [0.25, 0.3) is 0 Å². The third kappa shape index (κ3) is 3.87. The van der Waals surface area contributed by atoms with E-state index in [1.165, 1.54) is 0 Å². The van der Waals surface area contributed by atoms with E-state index >= 15 is 0 Å². The van der Waals surface area contributed by atoms with Crippen molar-refractivity contribution in [2.75, 3.05) is 30.3 Å². The van der Waals surface area contributed by atoms with Gasteiger partial charge in [0.25, 0.3) is 0 Å².